The third kappa shape index (κ3) is 5.38. The normalized spacial score (nSPS) is 22.4. The monoisotopic (exact) mass is 390 g/mol. The molecule has 0 bridgehead atoms. The van der Waals surface area contributed by atoms with Crippen LogP contribution in [0.25, 0.3) is 11.5 Å². The molecule has 0 radical (unpaired) electrons. The number of rotatable bonds is 7. The molecule has 1 aliphatic carbocycles. The lowest BCUT2D eigenvalue weighted by atomic mass is 9.75. The smallest absolute Gasteiger partial charge is 0.332 e. The van der Waals surface area contributed by atoms with Gasteiger partial charge in [-0.1, -0.05) is 33.3 Å². The molecular weight excluding hydrogens is 363 g/mol. The first kappa shape index (κ1) is 20.5. The molecule has 0 amide bonds. The van der Waals surface area contributed by atoms with Crippen LogP contribution in [-0.2, 0) is 20.9 Å². The molecule has 3 unspecified atom stereocenters. The van der Waals surface area contributed by atoms with Crippen LogP contribution in [0.2, 0.25) is 0 Å². The Hall–Kier alpha value is -2.28. The van der Waals surface area contributed by atoms with E-state index in [4.69, 9.17) is 13.9 Å². The average molecular weight is 390 g/mol. The number of hydrogen-bond donors (Lipinski definition) is 0. The van der Waals surface area contributed by atoms with E-state index in [1.807, 2.05) is 0 Å². The topological polar surface area (TPSA) is 74.5 Å². The summed E-state index contributed by atoms with van der Waals surface area (Å²) in [6.45, 7) is 6.38. The van der Waals surface area contributed by atoms with Gasteiger partial charge in [0.2, 0.25) is 5.89 Å². The molecule has 28 heavy (non-hydrogen) atoms. The fourth-order valence-electron chi connectivity index (χ4n) is 3.72. The number of esters is 1. The van der Waals surface area contributed by atoms with Crippen LogP contribution < -0.4 is 0 Å². The van der Waals surface area contributed by atoms with Crippen molar-refractivity contribution in [1.29, 1.82) is 0 Å². The minimum Gasteiger partial charge on any atom is -0.454 e. The molecule has 0 aliphatic heterocycles. The Labute approximate surface area is 164 Å². The molecule has 1 fully saturated rings. The van der Waals surface area contributed by atoms with Crippen molar-refractivity contribution in [2.45, 2.75) is 52.7 Å². The highest BCUT2D eigenvalue weighted by molar-refractivity contribution is 5.70. The van der Waals surface area contributed by atoms with Crippen LogP contribution in [-0.4, -0.2) is 28.9 Å². The second-order valence-corrected chi connectivity index (χ2v) is 7.85. The van der Waals surface area contributed by atoms with Crippen molar-refractivity contribution in [1.82, 2.24) is 10.2 Å². The summed E-state index contributed by atoms with van der Waals surface area (Å²) >= 11 is 0. The minimum atomic E-state index is -0.466. The van der Waals surface area contributed by atoms with Crippen LogP contribution in [0.3, 0.4) is 0 Å². The highest BCUT2D eigenvalue weighted by Crippen LogP contribution is 2.35. The van der Waals surface area contributed by atoms with Crippen LogP contribution in [0.1, 0.15) is 45.9 Å². The van der Waals surface area contributed by atoms with E-state index in [0.717, 1.165) is 12.8 Å². The second-order valence-electron chi connectivity index (χ2n) is 7.85. The number of ether oxygens (including phenoxy) is 2. The zero-order valence-electron chi connectivity index (χ0n) is 16.6. The molecule has 3 rings (SSSR count). The Balaban J connectivity index is 1.48. The molecule has 6 nitrogen and oxygen atoms in total. The Morgan fingerprint density at radius 1 is 1.32 bits per heavy atom. The number of hydrogen-bond acceptors (Lipinski definition) is 6. The Morgan fingerprint density at radius 2 is 2.14 bits per heavy atom. The second kappa shape index (κ2) is 9.28. The molecule has 2 aromatic rings. The van der Waals surface area contributed by atoms with E-state index < -0.39 is 11.8 Å². The summed E-state index contributed by atoms with van der Waals surface area (Å²) < 4.78 is 29.8. The molecule has 1 heterocycles. The van der Waals surface area contributed by atoms with Crippen molar-refractivity contribution < 1.29 is 23.1 Å². The molecule has 0 N–H and O–H groups in total. The van der Waals surface area contributed by atoms with Gasteiger partial charge in [-0.25, -0.2) is 9.18 Å². The first-order chi connectivity index (χ1) is 13.4. The van der Waals surface area contributed by atoms with Gasteiger partial charge in [-0.2, -0.15) is 0 Å². The average Bonchev–Trinajstić information content (AvgIpc) is 3.13. The number of nitrogens with zero attached hydrogens (tertiary/aromatic N) is 2. The molecule has 1 aromatic carbocycles. The van der Waals surface area contributed by atoms with Crippen LogP contribution in [0.5, 0.6) is 0 Å². The zero-order chi connectivity index (χ0) is 20.1. The molecule has 1 aliphatic rings. The molecule has 1 saturated carbocycles. The van der Waals surface area contributed by atoms with Crippen LogP contribution in [0, 0.1) is 23.6 Å². The first-order valence-corrected chi connectivity index (χ1v) is 9.78. The molecule has 152 valence electrons. The highest BCUT2D eigenvalue weighted by Gasteiger charge is 2.31. The number of halogens is 1. The molecule has 0 spiro atoms. The maximum absolute atomic E-state index is 13.3. The minimum absolute atomic E-state index is 0.0827. The Morgan fingerprint density at radius 3 is 2.89 bits per heavy atom. The summed E-state index contributed by atoms with van der Waals surface area (Å²) in [4.78, 5) is 12.1. The lowest BCUT2D eigenvalue weighted by molar-refractivity contribution is -0.156. The van der Waals surface area contributed by atoms with E-state index in [-0.39, 0.29) is 31.1 Å². The Kier molecular flexibility index (Phi) is 6.78. The van der Waals surface area contributed by atoms with Crippen molar-refractivity contribution in [3.05, 3.63) is 36.0 Å². The first-order valence-electron chi connectivity index (χ1n) is 9.78. The molecule has 1 aromatic heterocycles. The van der Waals surface area contributed by atoms with Gasteiger partial charge in [0.15, 0.2) is 6.61 Å². The maximum atomic E-state index is 13.3. The standard InChI is InChI=1S/C21H27FN2O4/c1-13(2)17-8-7-14(3)9-18(17)26-12-20(25)27-11-19-23-24-21(28-19)15-5-4-6-16(22)10-15/h4-6,10,13-14,17-18H,7-9,11-12H2,1-3H3. The van der Waals surface area contributed by atoms with Crippen LogP contribution in [0.4, 0.5) is 4.39 Å². The van der Waals surface area contributed by atoms with Gasteiger partial charge < -0.3 is 13.9 Å². The summed E-state index contributed by atoms with van der Waals surface area (Å²) in [5.74, 6) is 1.07. The Bertz CT molecular complexity index is 792. The van der Waals surface area contributed by atoms with Crippen LogP contribution >= 0.6 is 0 Å². The zero-order valence-corrected chi connectivity index (χ0v) is 16.6. The van der Waals surface area contributed by atoms with Gasteiger partial charge in [-0.3, -0.25) is 0 Å². The van der Waals surface area contributed by atoms with Gasteiger partial charge in [0.25, 0.3) is 5.89 Å². The van der Waals surface area contributed by atoms with E-state index in [9.17, 15) is 9.18 Å². The van der Waals surface area contributed by atoms with Gasteiger partial charge in [0, 0.05) is 5.56 Å². The summed E-state index contributed by atoms with van der Waals surface area (Å²) in [6, 6.07) is 5.85. The summed E-state index contributed by atoms with van der Waals surface area (Å²) in [6.07, 6.45) is 3.39. The van der Waals surface area contributed by atoms with Crippen molar-refractivity contribution in [2.24, 2.45) is 17.8 Å². The fourth-order valence-corrected chi connectivity index (χ4v) is 3.72. The van der Waals surface area contributed by atoms with E-state index in [0.29, 0.717) is 23.3 Å². The van der Waals surface area contributed by atoms with Gasteiger partial charge in [0.1, 0.15) is 12.4 Å². The lowest BCUT2D eigenvalue weighted by Crippen LogP contribution is -2.35. The number of benzene rings is 1. The van der Waals surface area contributed by atoms with Crippen molar-refractivity contribution >= 4 is 5.97 Å². The SMILES string of the molecule is CC1CCC(C(C)C)C(OCC(=O)OCc2nnc(-c3cccc(F)c3)o2)C1. The van der Waals surface area contributed by atoms with E-state index in [2.05, 4.69) is 31.0 Å². The highest BCUT2D eigenvalue weighted by atomic mass is 19.1. The third-order valence-corrected chi connectivity index (χ3v) is 5.27. The van der Waals surface area contributed by atoms with Crippen molar-refractivity contribution in [3.8, 4) is 11.5 Å². The molecule has 7 heteroatoms. The predicted molar refractivity (Wildman–Crippen MR) is 101 cm³/mol. The summed E-state index contributed by atoms with van der Waals surface area (Å²) in [7, 11) is 0. The van der Waals surface area contributed by atoms with Crippen LogP contribution in [0.15, 0.2) is 28.7 Å². The lowest BCUT2D eigenvalue weighted by Gasteiger charge is -2.36. The van der Waals surface area contributed by atoms with Crippen molar-refractivity contribution in [2.75, 3.05) is 6.61 Å². The molecular formula is C21H27FN2O4. The van der Waals surface area contributed by atoms with Gasteiger partial charge in [-0.15, -0.1) is 10.2 Å². The fraction of sp³-hybridized carbons (Fsp3) is 0.571. The van der Waals surface area contributed by atoms with Gasteiger partial charge in [0.05, 0.1) is 6.10 Å². The number of aromatic nitrogens is 2. The van der Waals surface area contributed by atoms with E-state index >= 15 is 0 Å². The van der Waals surface area contributed by atoms with Crippen molar-refractivity contribution in [3.63, 3.8) is 0 Å². The quantitative estimate of drug-likeness (QED) is 0.653. The van der Waals surface area contributed by atoms with E-state index in [1.54, 1.807) is 12.1 Å². The number of carbonyl (C=O) groups excluding carboxylic acids is 1. The third-order valence-electron chi connectivity index (χ3n) is 5.27. The molecule has 0 saturated heterocycles. The van der Waals surface area contributed by atoms with Gasteiger partial charge in [-0.05, 0) is 48.8 Å². The predicted octanol–water partition coefficient (Wildman–Crippen LogP) is 4.40. The number of carbonyl (C=O) groups is 1. The van der Waals surface area contributed by atoms with E-state index in [1.165, 1.54) is 18.6 Å². The van der Waals surface area contributed by atoms with Gasteiger partial charge >= 0.3 is 5.97 Å². The maximum Gasteiger partial charge on any atom is 0.332 e. The summed E-state index contributed by atoms with van der Waals surface area (Å²) in [5, 5.41) is 7.69. The molecule has 3 atom stereocenters. The largest absolute Gasteiger partial charge is 0.454 e. The summed E-state index contributed by atoms with van der Waals surface area (Å²) in [5.41, 5.74) is 0.472.